The minimum absolute atomic E-state index is 0.0197. The van der Waals surface area contributed by atoms with E-state index in [1.165, 1.54) is 0 Å². The Hall–Kier alpha value is -0.900. The summed E-state index contributed by atoms with van der Waals surface area (Å²) in [4.78, 5) is 0. The van der Waals surface area contributed by atoms with Gasteiger partial charge in [0.05, 0.1) is 17.9 Å². The van der Waals surface area contributed by atoms with E-state index in [1.54, 1.807) is 19.1 Å². The average molecular weight is 344 g/mol. The monoisotopic (exact) mass is 343 g/mol. The molecule has 3 atom stereocenters. The number of aliphatic hydroxyl groups is 1. The van der Waals surface area contributed by atoms with Gasteiger partial charge in [-0.1, -0.05) is 35.0 Å². The van der Waals surface area contributed by atoms with Crippen molar-refractivity contribution in [2.45, 2.75) is 18.1 Å². The van der Waals surface area contributed by atoms with Gasteiger partial charge in [-0.05, 0) is 17.7 Å². The second-order valence-corrected chi connectivity index (χ2v) is 8.04. The van der Waals surface area contributed by atoms with Crippen molar-refractivity contribution in [1.29, 1.82) is 5.26 Å². The van der Waals surface area contributed by atoms with Crippen LogP contribution in [0.4, 0.5) is 0 Å². The molecule has 2 rings (SSSR count). The second kappa shape index (κ2) is 4.89. The van der Waals surface area contributed by atoms with E-state index in [9.17, 15) is 18.8 Å². The molecule has 0 bridgehead atoms. The van der Waals surface area contributed by atoms with Crippen LogP contribution >= 0.6 is 15.9 Å². The maximum absolute atomic E-state index is 12.1. The average Bonchev–Trinajstić information content (AvgIpc) is 3.10. The zero-order valence-electron chi connectivity index (χ0n) is 10.4. The largest absolute Gasteiger partial charge is 0.395 e. The highest BCUT2D eigenvalue weighted by atomic mass is 79.9. The summed E-state index contributed by atoms with van der Waals surface area (Å²) in [6.45, 7) is 1.12. The lowest BCUT2D eigenvalue weighted by molar-refractivity contribution is 0.242. The van der Waals surface area contributed by atoms with Crippen LogP contribution in [0.2, 0.25) is 0 Å². The topological polar surface area (TPSA) is 78.2 Å². The lowest BCUT2D eigenvalue weighted by atomic mass is 10.0. The third kappa shape index (κ3) is 2.20. The molecule has 0 amide bonds. The van der Waals surface area contributed by atoms with Gasteiger partial charge in [0.15, 0.2) is 9.84 Å². The van der Waals surface area contributed by atoms with Crippen LogP contribution in [0.1, 0.15) is 18.4 Å². The van der Waals surface area contributed by atoms with Crippen LogP contribution in [-0.2, 0) is 9.84 Å². The molecule has 6 heteroatoms. The summed E-state index contributed by atoms with van der Waals surface area (Å²) in [6, 6.07) is 9.22. The minimum atomic E-state index is -3.36. The quantitative estimate of drug-likeness (QED) is 0.904. The molecule has 1 aliphatic rings. The zero-order chi connectivity index (χ0) is 14.3. The van der Waals surface area contributed by atoms with Crippen LogP contribution in [-0.4, -0.2) is 31.1 Å². The smallest absolute Gasteiger partial charge is 0.155 e. The first-order valence-corrected chi connectivity index (χ1v) is 8.43. The highest BCUT2D eigenvalue weighted by molar-refractivity contribution is 9.10. The lowest BCUT2D eigenvalue weighted by Crippen LogP contribution is -2.19. The Kier molecular flexibility index (Phi) is 3.74. The highest BCUT2D eigenvalue weighted by Gasteiger charge is 2.71. The molecule has 1 aromatic rings. The SMILES string of the molecule is CCS(=O)(=O)[C@@H]1[C@H](c2ccc(Br)cc2)[C@@]1(C#N)CO. The summed E-state index contributed by atoms with van der Waals surface area (Å²) < 4.78 is 25.0. The van der Waals surface area contributed by atoms with Crippen molar-refractivity contribution in [2.24, 2.45) is 5.41 Å². The molecule has 4 nitrogen and oxygen atoms in total. The molecule has 0 aliphatic heterocycles. The molecule has 1 aliphatic carbocycles. The lowest BCUT2D eigenvalue weighted by Gasteiger charge is -2.03. The Balaban J connectivity index is 2.46. The number of nitrogens with zero attached hydrogens (tertiary/aromatic N) is 1. The number of rotatable bonds is 4. The van der Waals surface area contributed by atoms with Gasteiger partial charge in [-0.15, -0.1) is 0 Å². The maximum atomic E-state index is 12.1. The van der Waals surface area contributed by atoms with Gasteiger partial charge in [0, 0.05) is 16.1 Å². The van der Waals surface area contributed by atoms with E-state index in [1.807, 2.05) is 18.2 Å². The molecule has 1 aromatic carbocycles. The van der Waals surface area contributed by atoms with E-state index in [0.717, 1.165) is 10.0 Å². The van der Waals surface area contributed by atoms with Gasteiger partial charge in [0.2, 0.25) is 0 Å². The number of sulfone groups is 1. The predicted octanol–water partition coefficient (Wildman–Crippen LogP) is 1.85. The van der Waals surface area contributed by atoms with Gasteiger partial charge in [-0.25, -0.2) is 8.42 Å². The molecule has 0 radical (unpaired) electrons. The van der Waals surface area contributed by atoms with Crippen molar-refractivity contribution in [1.82, 2.24) is 0 Å². The van der Waals surface area contributed by atoms with E-state index in [2.05, 4.69) is 15.9 Å². The van der Waals surface area contributed by atoms with Crippen molar-refractivity contribution in [2.75, 3.05) is 12.4 Å². The number of halogens is 1. The molecule has 1 fully saturated rings. The molecular formula is C13H14BrNO3S. The summed E-state index contributed by atoms with van der Waals surface area (Å²) >= 11 is 3.31. The van der Waals surface area contributed by atoms with Crippen molar-refractivity contribution in [3.8, 4) is 6.07 Å². The van der Waals surface area contributed by atoms with Gasteiger partial charge < -0.3 is 5.11 Å². The normalized spacial score (nSPS) is 29.8. The first kappa shape index (κ1) is 14.5. The summed E-state index contributed by atoms with van der Waals surface area (Å²) in [5.41, 5.74) is -0.413. The maximum Gasteiger partial charge on any atom is 0.155 e. The van der Waals surface area contributed by atoms with Gasteiger partial charge in [-0.3, -0.25) is 0 Å². The van der Waals surface area contributed by atoms with Gasteiger partial charge in [0.25, 0.3) is 0 Å². The summed E-state index contributed by atoms with van der Waals surface area (Å²) in [5.74, 6) is -0.464. The Morgan fingerprint density at radius 1 is 1.42 bits per heavy atom. The van der Waals surface area contributed by atoms with E-state index in [4.69, 9.17) is 0 Å². The number of hydrogen-bond acceptors (Lipinski definition) is 4. The number of nitriles is 1. The number of aliphatic hydroxyl groups excluding tert-OH is 1. The molecule has 1 N–H and O–H groups in total. The van der Waals surface area contributed by atoms with Gasteiger partial charge in [0.1, 0.15) is 5.41 Å². The van der Waals surface area contributed by atoms with Crippen LogP contribution in [0.15, 0.2) is 28.7 Å². The van der Waals surface area contributed by atoms with Crippen LogP contribution in [0, 0.1) is 16.7 Å². The Labute approximate surface area is 121 Å². The molecular weight excluding hydrogens is 330 g/mol. The van der Waals surface area contributed by atoms with Crippen LogP contribution in [0.25, 0.3) is 0 Å². The molecule has 0 saturated heterocycles. The Morgan fingerprint density at radius 3 is 2.42 bits per heavy atom. The molecule has 0 heterocycles. The first-order chi connectivity index (χ1) is 8.93. The van der Waals surface area contributed by atoms with Crippen molar-refractivity contribution < 1.29 is 13.5 Å². The fourth-order valence-electron chi connectivity index (χ4n) is 2.61. The van der Waals surface area contributed by atoms with E-state index >= 15 is 0 Å². The number of hydrogen-bond donors (Lipinski definition) is 1. The third-order valence-electron chi connectivity index (χ3n) is 3.74. The molecule has 0 spiro atoms. The molecule has 0 unspecified atom stereocenters. The van der Waals surface area contributed by atoms with Crippen LogP contribution in [0.5, 0.6) is 0 Å². The number of benzene rings is 1. The first-order valence-electron chi connectivity index (χ1n) is 5.92. The standard InChI is InChI=1S/C13H14BrNO3S/c1-2-19(17,18)12-11(13(12,7-15)8-16)9-3-5-10(14)6-4-9/h3-6,11-12,16H,2,8H2,1H3/t11-,12+,13+/m0/s1. The van der Waals surface area contributed by atoms with Crippen LogP contribution in [0.3, 0.4) is 0 Å². The zero-order valence-corrected chi connectivity index (χ0v) is 12.8. The predicted molar refractivity (Wildman–Crippen MR) is 75.3 cm³/mol. The Bertz CT molecular complexity index is 620. The van der Waals surface area contributed by atoms with Gasteiger partial charge in [-0.2, -0.15) is 5.26 Å². The molecule has 1 saturated carbocycles. The van der Waals surface area contributed by atoms with E-state index in [-0.39, 0.29) is 5.75 Å². The van der Waals surface area contributed by atoms with Crippen LogP contribution < -0.4 is 0 Å². The summed E-state index contributed by atoms with van der Waals surface area (Å²) in [7, 11) is -3.36. The second-order valence-electron chi connectivity index (χ2n) is 4.71. The fraction of sp³-hybridized carbons (Fsp3) is 0.462. The van der Waals surface area contributed by atoms with Crippen molar-refractivity contribution in [3.63, 3.8) is 0 Å². The molecule has 102 valence electrons. The highest BCUT2D eigenvalue weighted by Crippen LogP contribution is 2.62. The van der Waals surface area contributed by atoms with Crippen molar-refractivity contribution >= 4 is 25.8 Å². The summed E-state index contributed by atoms with van der Waals surface area (Å²) in [5, 5.41) is 18.0. The Morgan fingerprint density at radius 2 is 2.00 bits per heavy atom. The molecule has 19 heavy (non-hydrogen) atoms. The fourth-order valence-corrected chi connectivity index (χ4v) is 4.89. The van der Waals surface area contributed by atoms with E-state index in [0.29, 0.717) is 0 Å². The van der Waals surface area contributed by atoms with Gasteiger partial charge >= 0.3 is 0 Å². The van der Waals surface area contributed by atoms with E-state index < -0.39 is 33.0 Å². The summed E-state index contributed by atoms with van der Waals surface area (Å²) in [6.07, 6.45) is 0. The minimum Gasteiger partial charge on any atom is -0.395 e. The molecule has 0 aromatic heterocycles. The van der Waals surface area contributed by atoms with Crippen molar-refractivity contribution in [3.05, 3.63) is 34.3 Å². The third-order valence-corrected chi connectivity index (χ3v) is 6.54.